The van der Waals surface area contributed by atoms with E-state index in [1.165, 1.54) is 0 Å². The molecule has 0 aliphatic rings. The van der Waals surface area contributed by atoms with Gasteiger partial charge in [0.05, 0.1) is 5.56 Å². The predicted molar refractivity (Wildman–Crippen MR) is 48.3 cm³/mol. The van der Waals surface area contributed by atoms with Gasteiger partial charge in [-0.15, -0.1) is 0 Å². The van der Waals surface area contributed by atoms with Crippen LogP contribution in [-0.2, 0) is 0 Å². The van der Waals surface area contributed by atoms with Crippen molar-refractivity contribution in [3.05, 3.63) is 29.6 Å². The maximum atomic E-state index is 13.0. The molecule has 0 fully saturated rings. The molecule has 1 rings (SSSR count). The van der Waals surface area contributed by atoms with Gasteiger partial charge in [0.25, 0.3) is 6.10 Å². The Morgan fingerprint density at radius 2 is 1.58 bits per heavy atom. The molecule has 0 bridgehead atoms. The molecule has 0 aliphatic carbocycles. The number of alkyl halides is 6. The van der Waals surface area contributed by atoms with Gasteiger partial charge in [-0.25, -0.2) is 4.39 Å². The molecule has 0 aliphatic heterocycles. The van der Waals surface area contributed by atoms with E-state index in [0.717, 1.165) is 6.07 Å². The molecule has 0 amide bonds. The number of benzene rings is 1. The van der Waals surface area contributed by atoms with Crippen LogP contribution < -0.4 is 4.74 Å². The molecule has 0 atom stereocenters. The molecule has 9 heteroatoms. The van der Waals surface area contributed by atoms with Crippen molar-refractivity contribution in [3.8, 4) is 5.75 Å². The zero-order valence-corrected chi connectivity index (χ0v) is 8.85. The van der Waals surface area contributed by atoms with Crippen molar-refractivity contribution in [2.75, 3.05) is 0 Å². The predicted octanol–water partition coefficient (Wildman–Crippen LogP) is 3.51. The maximum absolute atomic E-state index is 13.0. The Kier molecular flexibility index (Phi) is 4.06. The van der Waals surface area contributed by atoms with Crippen LogP contribution in [0.4, 0.5) is 30.7 Å². The lowest BCUT2D eigenvalue weighted by molar-refractivity contribution is -0.299. The first-order valence-corrected chi connectivity index (χ1v) is 4.61. The molecule has 2 nitrogen and oxygen atoms in total. The minimum atomic E-state index is -5.75. The van der Waals surface area contributed by atoms with Crippen molar-refractivity contribution in [1.29, 1.82) is 0 Å². The smallest absolute Gasteiger partial charge is 0.434 e. The molecule has 0 aromatic heterocycles. The second-order valence-corrected chi connectivity index (χ2v) is 3.35. The maximum Gasteiger partial charge on any atom is 0.434 e. The summed E-state index contributed by atoms with van der Waals surface area (Å²) < 4.78 is 90.0. The number of carbonyl (C=O) groups is 1. The highest BCUT2D eigenvalue weighted by molar-refractivity contribution is 5.79. The summed E-state index contributed by atoms with van der Waals surface area (Å²) in [6.45, 7) is 0. The minimum Gasteiger partial charge on any atom is -0.470 e. The molecule has 0 N–H and O–H groups in total. The second-order valence-electron chi connectivity index (χ2n) is 3.35. The number of halogens is 7. The van der Waals surface area contributed by atoms with Crippen LogP contribution in [0.1, 0.15) is 10.4 Å². The lowest BCUT2D eigenvalue weighted by Crippen LogP contribution is -2.46. The highest BCUT2D eigenvalue weighted by atomic mass is 19.4. The number of rotatable bonds is 3. The molecule has 0 spiro atoms. The molecule has 1 aromatic rings. The Morgan fingerprint density at radius 3 is 2.00 bits per heavy atom. The van der Waals surface area contributed by atoms with E-state index in [0.29, 0.717) is 12.1 Å². The van der Waals surface area contributed by atoms with Gasteiger partial charge in [-0.05, 0) is 12.1 Å². The molecule has 0 unspecified atom stereocenters. The van der Waals surface area contributed by atoms with Gasteiger partial charge >= 0.3 is 12.4 Å². The van der Waals surface area contributed by atoms with Gasteiger partial charge in [0.2, 0.25) is 0 Å². The number of ether oxygens (including phenoxy) is 1. The number of hydrogen-bond acceptors (Lipinski definition) is 2. The summed E-state index contributed by atoms with van der Waals surface area (Å²) in [6, 6.07) is 2.16. The molecule has 0 saturated heterocycles. The topological polar surface area (TPSA) is 26.3 Å². The third-order valence-corrected chi connectivity index (χ3v) is 1.97. The fraction of sp³-hybridized carbons (Fsp3) is 0.300. The van der Waals surface area contributed by atoms with E-state index >= 15 is 0 Å². The molecule has 0 heterocycles. The van der Waals surface area contributed by atoms with Gasteiger partial charge in [0, 0.05) is 0 Å². The van der Waals surface area contributed by atoms with Crippen LogP contribution in [0.25, 0.3) is 0 Å². The average Bonchev–Trinajstić information content (AvgIpc) is 2.22. The highest BCUT2D eigenvalue weighted by Crippen LogP contribution is 2.37. The summed E-state index contributed by atoms with van der Waals surface area (Å²) in [6.07, 6.45) is -15.9. The minimum absolute atomic E-state index is 0.228. The Hall–Kier alpha value is -1.80. The summed E-state index contributed by atoms with van der Waals surface area (Å²) in [5, 5.41) is 0. The molecule has 106 valence electrons. The van der Waals surface area contributed by atoms with E-state index in [4.69, 9.17) is 0 Å². The number of carbonyl (C=O) groups excluding carboxylic acids is 1. The fourth-order valence-electron chi connectivity index (χ4n) is 1.18. The Balaban J connectivity index is 3.18. The van der Waals surface area contributed by atoms with Gasteiger partial charge in [0.1, 0.15) is 11.6 Å². The second kappa shape index (κ2) is 5.06. The highest BCUT2D eigenvalue weighted by Gasteiger charge is 2.59. The molecular weight excluding hydrogens is 285 g/mol. The van der Waals surface area contributed by atoms with Crippen LogP contribution in [0.3, 0.4) is 0 Å². The Labute approximate surface area is 101 Å². The SMILES string of the molecule is O=Cc1c(F)cccc1OC(C(F)(F)F)C(F)(F)F. The van der Waals surface area contributed by atoms with E-state index < -0.39 is 35.6 Å². The normalized spacial score (nSPS) is 12.6. The summed E-state index contributed by atoms with van der Waals surface area (Å²) in [7, 11) is 0. The van der Waals surface area contributed by atoms with E-state index in [1.807, 2.05) is 0 Å². The van der Waals surface area contributed by atoms with Crippen molar-refractivity contribution >= 4 is 6.29 Å². The zero-order valence-electron chi connectivity index (χ0n) is 8.85. The van der Waals surface area contributed by atoms with Crippen LogP contribution in [0.2, 0.25) is 0 Å². The lowest BCUT2D eigenvalue weighted by atomic mass is 10.2. The van der Waals surface area contributed by atoms with Crippen molar-refractivity contribution < 1.29 is 40.3 Å². The lowest BCUT2D eigenvalue weighted by Gasteiger charge is -2.24. The van der Waals surface area contributed by atoms with Crippen LogP contribution in [-0.4, -0.2) is 24.7 Å². The third kappa shape index (κ3) is 3.58. The van der Waals surface area contributed by atoms with Crippen LogP contribution in [0.15, 0.2) is 18.2 Å². The standard InChI is InChI=1S/C10H5F7O2/c11-6-2-1-3-7(5(6)4-18)19-8(9(12,13)14)10(15,16)17/h1-4,8H. The van der Waals surface area contributed by atoms with Crippen LogP contribution in [0.5, 0.6) is 5.75 Å². The quantitative estimate of drug-likeness (QED) is 0.629. The van der Waals surface area contributed by atoms with E-state index in [2.05, 4.69) is 4.74 Å². The summed E-state index contributed by atoms with van der Waals surface area (Å²) in [4.78, 5) is 10.4. The first-order valence-electron chi connectivity index (χ1n) is 4.61. The van der Waals surface area contributed by atoms with Gasteiger partial charge in [-0.1, -0.05) is 6.07 Å². The zero-order chi connectivity index (χ0) is 14.8. The molecule has 0 saturated carbocycles. The van der Waals surface area contributed by atoms with Crippen molar-refractivity contribution in [2.24, 2.45) is 0 Å². The van der Waals surface area contributed by atoms with Gasteiger partial charge in [-0.3, -0.25) is 4.79 Å². The van der Waals surface area contributed by atoms with E-state index in [-0.39, 0.29) is 6.29 Å². The van der Waals surface area contributed by atoms with Crippen LogP contribution in [0, 0.1) is 5.82 Å². The van der Waals surface area contributed by atoms with Crippen LogP contribution >= 0.6 is 0 Å². The summed E-state index contributed by atoms with van der Waals surface area (Å²) >= 11 is 0. The summed E-state index contributed by atoms with van der Waals surface area (Å²) in [5.74, 6) is -2.41. The first-order chi connectivity index (χ1) is 8.57. The average molecular weight is 290 g/mol. The molecule has 0 radical (unpaired) electrons. The number of hydrogen-bond donors (Lipinski definition) is 0. The van der Waals surface area contributed by atoms with E-state index in [9.17, 15) is 35.5 Å². The molecular formula is C10H5F7O2. The van der Waals surface area contributed by atoms with Gasteiger partial charge in [0.15, 0.2) is 6.29 Å². The van der Waals surface area contributed by atoms with E-state index in [1.54, 1.807) is 0 Å². The van der Waals surface area contributed by atoms with Gasteiger partial charge in [-0.2, -0.15) is 26.3 Å². The number of aldehydes is 1. The monoisotopic (exact) mass is 290 g/mol. The largest absolute Gasteiger partial charge is 0.470 e. The van der Waals surface area contributed by atoms with Crippen molar-refractivity contribution in [2.45, 2.75) is 18.5 Å². The summed E-state index contributed by atoms with van der Waals surface area (Å²) in [5.41, 5.74) is -1.01. The molecule has 1 aromatic carbocycles. The Bertz CT molecular complexity index is 450. The fourth-order valence-corrected chi connectivity index (χ4v) is 1.18. The van der Waals surface area contributed by atoms with Crippen molar-refractivity contribution in [1.82, 2.24) is 0 Å². The Morgan fingerprint density at radius 1 is 1.05 bits per heavy atom. The first kappa shape index (κ1) is 15.3. The van der Waals surface area contributed by atoms with Crippen molar-refractivity contribution in [3.63, 3.8) is 0 Å². The molecule has 19 heavy (non-hydrogen) atoms. The van der Waals surface area contributed by atoms with Gasteiger partial charge < -0.3 is 4.74 Å². The third-order valence-electron chi connectivity index (χ3n) is 1.97.